The average molecular weight is 801 g/mol. The highest BCUT2D eigenvalue weighted by Crippen LogP contribution is 2.76. The molecule has 56 heavy (non-hydrogen) atoms. The van der Waals surface area contributed by atoms with Crippen molar-refractivity contribution >= 4 is 0 Å². The van der Waals surface area contributed by atoms with E-state index < -0.39 is 120 Å². The number of aliphatic hydroxyl groups is 10. The fourth-order valence-corrected chi connectivity index (χ4v) is 13.5. The summed E-state index contributed by atoms with van der Waals surface area (Å²) in [5.74, 6) is -0.781. The maximum atomic E-state index is 12.6. The highest BCUT2D eigenvalue weighted by atomic mass is 16.7. The van der Waals surface area contributed by atoms with Crippen LogP contribution in [-0.2, 0) is 18.9 Å². The van der Waals surface area contributed by atoms with Crippen LogP contribution in [0.4, 0.5) is 0 Å². The van der Waals surface area contributed by atoms with Gasteiger partial charge in [-0.05, 0) is 117 Å². The first-order valence-electron chi connectivity index (χ1n) is 21.0. The van der Waals surface area contributed by atoms with Gasteiger partial charge in [-0.2, -0.15) is 0 Å². The monoisotopic (exact) mass is 800 g/mol. The Morgan fingerprint density at radius 2 is 1.32 bits per heavy atom. The Kier molecular flexibility index (Phi) is 12.7. The van der Waals surface area contributed by atoms with Gasteiger partial charge in [0, 0.05) is 0 Å². The summed E-state index contributed by atoms with van der Waals surface area (Å²) in [6.45, 7) is 15.7. The molecule has 0 unspecified atom stereocenters. The van der Waals surface area contributed by atoms with E-state index in [1.165, 1.54) is 0 Å². The van der Waals surface area contributed by atoms with Crippen LogP contribution in [0.3, 0.4) is 0 Å². The first kappa shape index (κ1) is 44.7. The molecule has 6 rings (SSSR count). The van der Waals surface area contributed by atoms with Crippen LogP contribution >= 0.6 is 0 Å². The number of ether oxygens (including phenoxy) is 4. The van der Waals surface area contributed by atoms with E-state index in [2.05, 4.69) is 26.8 Å². The van der Waals surface area contributed by atoms with Gasteiger partial charge in [-0.25, -0.2) is 0 Å². The largest absolute Gasteiger partial charge is 0.394 e. The molecule has 0 amide bonds. The van der Waals surface area contributed by atoms with Crippen molar-refractivity contribution in [2.75, 3.05) is 13.2 Å². The van der Waals surface area contributed by atoms with Gasteiger partial charge in [-0.15, -0.1) is 0 Å². The van der Waals surface area contributed by atoms with Crippen LogP contribution in [0.1, 0.15) is 107 Å². The zero-order valence-corrected chi connectivity index (χ0v) is 34.6. The molecule has 2 heterocycles. The molecule has 14 heteroatoms. The molecule has 0 aromatic rings. The zero-order chi connectivity index (χ0) is 41.5. The minimum absolute atomic E-state index is 0.000258. The van der Waals surface area contributed by atoms with Crippen LogP contribution in [0.2, 0.25) is 0 Å². The van der Waals surface area contributed by atoms with E-state index >= 15 is 0 Å². The summed E-state index contributed by atoms with van der Waals surface area (Å²) < 4.78 is 25.4. The molecule has 0 aromatic heterocycles. The average Bonchev–Trinajstić information content (AvgIpc) is 3.52. The van der Waals surface area contributed by atoms with Gasteiger partial charge in [0.25, 0.3) is 0 Å². The van der Waals surface area contributed by atoms with Crippen molar-refractivity contribution in [3.8, 4) is 0 Å². The Hall–Kier alpha value is -0.820. The van der Waals surface area contributed by atoms with Crippen LogP contribution in [-0.4, -0.2) is 150 Å². The van der Waals surface area contributed by atoms with Gasteiger partial charge >= 0.3 is 0 Å². The normalized spacial score (nSPS) is 52.6. The van der Waals surface area contributed by atoms with E-state index in [0.717, 1.165) is 12.0 Å². The molecule has 6 fully saturated rings. The van der Waals surface area contributed by atoms with Gasteiger partial charge in [0.05, 0.1) is 37.1 Å². The van der Waals surface area contributed by atoms with Crippen molar-refractivity contribution in [2.45, 2.75) is 192 Å². The molecule has 0 bridgehead atoms. The van der Waals surface area contributed by atoms with Crippen molar-refractivity contribution in [2.24, 2.45) is 45.3 Å². The van der Waals surface area contributed by atoms with Crippen molar-refractivity contribution < 1.29 is 70.0 Å². The number of hydrogen-bond acceptors (Lipinski definition) is 14. The highest BCUT2D eigenvalue weighted by Gasteiger charge is 2.74. The first-order valence-corrected chi connectivity index (χ1v) is 21.0. The molecular formula is C42H72O14. The summed E-state index contributed by atoms with van der Waals surface area (Å²) in [5, 5.41) is 109. The van der Waals surface area contributed by atoms with Crippen LogP contribution in [0, 0.1) is 45.3 Å². The minimum Gasteiger partial charge on any atom is -0.394 e. The van der Waals surface area contributed by atoms with Gasteiger partial charge in [-0.3, -0.25) is 0 Å². The Morgan fingerprint density at radius 3 is 1.89 bits per heavy atom. The zero-order valence-electron chi connectivity index (χ0n) is 34.6. The number of hydrogen-bond donors (Lipinski definition) is 10. The fraction of sp³-hybridized carbons (Fsp3) is 0.952. The summed E-state index contributed by atoms with van der Waals surface area (Å²) in [6, 6.07) is 0. The summed E-state index contributed by atoms with van der Waals surface area (Å²) in [4.78, 5) is 0. The lowest BCUT2D eigenvalue weighted by Crippen LogP contribution is -2.71. The Labute approximate surface area is 331 Å². The van der Waals surface area contributed by atoms with Gasteiger partial charge in [0.15, 0.2) is 12.6 Å². The number of fused-ring (bicyclic) bond motifs is 5. The molecule has 4 aliphatic carbocycles. The quantitative estimate of drug-likeness (QED) is 0.110. The lowest BCUT2D eigenvalue weighted by atomic mass is 9.34. The van der Waals surface area contributed by atoms with E-state index in [0.29, 0.717) is 44.9 Å². The first-order chi connectivity index (χ1) is 26.0. The lowest BCUT2D eigenvalue weighted by Gasteiger charge is -2.72. The fourth-order valence-electron chi connectivity index (χ4n) is 13.5. The van der Waals surface area contributed by atoms with Crippen molar-refractivity contribution in [3.05, 3.63) is 11.6 Å². The third-order valence-electron chi connectivity index (χ3n) is 16.6. The molecular weight excluding hydrogens is 728 g/mol. The molecule has 0 aromatic carbocycles. The predicted octanol–water partition coefficient (Wildman–Crippen LogP) is 1.12. The smallest absolute Gasteiger partial charge is 0.187 e. The maximum Gasteiger partial charge on any atom is 0.187 e. The molecule has 324 valence electrons. The second kappa shape index (κ2) is 15.9. The Balaban J connectivity index is 1.39. The summed E-state index contributed by atoms with van der Waals surface area (Å²) in [5.41, 5.74) is -1.92. The third-order valence-corrected chi connectivity index (χ3v) is 16.6. The Morgan fingerprint density at radius 1 is 0.750 bits per heavy atom. The van der Waals surface area contributed by atoms with Crippen LogP contribution in [0.25, 0.3) is 0 Å². The lowest BCUT2D eigenvalue weighted by molar-refractivity contribution is -0.349. The van der Waals surface area contributed by atoms with E-state index in [4.69, 9.17) is 18.9 Å². The van der Waals surface area contributed by atoms with E-state index in [-0.39, 0.29) is 23.7 Å². The molecule has 2 aliphatic heterocycles. The predicted molar refractivity (Wildman–Crippen MR) is 202 cm³/mol. The summed E-state index contributed by atoms with van der Waals surface area (Å²) in [6.07, 6.45) is -9.52. The van der Waals surface area contributed by atoms with Gasteiger partial charge in [0.2, 0.25) is 0 Å². The van der Waals surface area contributed by atoms with Crippen molar-refractivity contribution in [1.29, 1.82) is 0 Å². The van der Waals surface area contributed by atoms with Crippen LogP contribution in [0.15, 0.2) is 11.6 Å². The summed E-state index contributed by atoms with van der Waals surface area (Å²) in [7, 11) is 0. The molecule has 4 saturated carbocycles. The molecule has 6 aliphatic rings. The SMILES string of the molecule is CC(C)=CCC[C@](C)(O[C@@H]1O[C@H](CO)[C@@H](O)[C@H](O)[C@H]1O)[C@H]1CC[C@]2(C)[C@@H]1[C@H](O)C[C@@H]1[C@@]3(C)CC[C@H](O)C(C)(C)[C@H]3[C@@H](O[C@@H]3O[C@H](CO)[C@@H](O)[C@H](O)[C@H]3O)C[C@]12C. The molecule has 0 radical (unpaired) electrons. The number of aliphatic hydroxyl groups excluding tert-OH is 10. The molecule has 0 spiro atoms. The standard InChI is InChI=1S/C42H72O14/c1-20(2)10-9-13-42(8,56-37-34(52)32(50)30(48)25(19-44)55-37)21-11-15-40(6)28(21)22(45)16-26-39(5)14-12-27(46)38(3,4)35(39)23(17-41(26,40)7)53-36-33(51)31(49)29(47)24(18-43)54-36/h10,21-37,43-52H,9,11-19H2,1-8H3/t21-,22+,23-,24+,25+,26+,27-,28-,29+,30+,31-,32-,33+,34+,35+,36+,37-,39+,40+,41+,42-/m0/s1. The van der Waals surface area contributed by atoms with E-state index in [1.807, 2.05) is 34.6 Å². The van der Waals surface area contributed by atoms with E-state index in [1.54, 1.807) is 0 Å². The molecule has 21 atom stereocenters. The maximum absolute atomic E-state index is 12.6. The van der Waals surface area contributed by atoms with E-state index in [9.17, 15) is 51.1 Å². The molecule has 2 saturated heterocycles. The van der Waals surface area contributed by atoms with Crippen LogP contribution < -0.4 is 0 Å². The minimum atomic E-state index is -1.61. The highest BCUT2D eigenvalue weighted by molar-refractivity contribution is 5.22. The van der Waals surface area contributed by atoms with Crippen molar-refractivity contribution in [1.82, 2.24) is 0 Å². The van der Waals surface area contributed by atoms with Crippen LogP contribution in [0.5, 0.6) is 0 Å². The third kappa shape index (κ3) is 7.06. The van der Waals surface area contributed by atoms with Crippen molar-refractivity contribution in [3.63, 3.8) is 0 Å². The number of allylic oxidation sites excluding steroid dienone is 2. The van der Waals surface area contributed by atoms with Gasteiger partial charge in [-0.1, -0.05) is 46.3 Å². The Bertz CT molecular complexity index is 1400. The van der Waals surface area contributed by atoms with Gasteiger partial charge in [0.1, 0.15) is 48.8 Å². The number of rotatable bonds is 10. The molecule has 10 N–H and O–H groups in total. The second-order valence-electron chi connectivity index (χ2n) is 20.2. The molecule has 14 nitrogen and oxygen atoms in total. The van der Waals surface area contributed by atoms with Gasteiger partial charge < -0.3 is 70.0 Å². The second-order valence-corrected chi connectivity index (χ2v) is 20.2. The topological polar surface area (TPSA) is 239 Å². The summed E-state index contributed by atoms with van der Waals surface area (Å²) >= 11 is 0.